The molecule has 1 amide bonds. The van der Waals surface area contributed by atoms with E-state index in [9.17, 15) is 4.79 Å². The Morgan fingerprint density at radius 1 is 1.47 bits per heavy atom. The molecule has 0 aliphatic carbocycles. The molecule has 5 heteroatoms. The Balaban J connectivity index is 2.62. The zero-order valence-corrected chi connectivity index (χ0v) is 11.5. The molecule has 0 atom stereocenters. The average Bonchev–Trinajstić information content (AvgIpc) is 2.32. The maximum absolute atomic E-state index is 11.6. The summed E-state index contributed by atoms with van der Waals surface area (Å²) in [4.78, 5) is 11.6. The fourth-order valence-electron chi connectivity index (χ4n) is 1.31. The number of carbonyl (C=O) groups is 1. The summed E-state index contributed by atoms with van der Waals surface area (Å²) in [6.45, 7) is 0. The zero-order valence-electron chi connectivity index (χ0n) is 9.17. The van der Waals surface area contributed by atoms with Crippen LogP contribution in [0, 0.1) is 11.3 Å². The number of nitrogens with zero attached hydrogens (tertiary/aromatic N) is 1. The zero-order chi connectivity index (χ0) is 12.7. The highest BCUT2D eigenvalue weighted by Crippen LogP contribution is 2.20. The van der Waals surface area contributed by atoms with E-state index in [2.05, 4.69) is 21.2 Å². The largest absolute Gasteiger partial charge is 0.325 e. The molecule has 0 fully saturated rings. The minimum atomic E-state index is -0.0889. The Labute approximate surface area is 114 Å². The predicted octanol–water partition coefficient (Wildman–Crippen LogP) is 3.67. The van der Waals surface area contributed by atoms with Crippen LogP contribution in [0.3, 0.4) is 0 Å². The Hall–Kier alpha value is -1.05. The van der Waals surface area contributed by atoms with Crippen molar-refractivity contribution >= 4 is 39.1 Å². The molecule has 0 saturated heterocycles. The van der Waals surface area contributed by atoms with Crippen molar-refractivity contribution in [3.8, 4) is 6.07 Å². The number of carbonyl (C=O) groups excluding carboxylic acids is 1. The van der Waals surface area contributed by atoms with Gasteiger partial charge in [-0.05, 0) is 31.0 Å². The number of rotatable bonds is 5. The van der Waals surface area contributed by atoms with Crippen LogP contribution < -0.4 is 5.32 Å². The van der Waals surface area contributed by atoms with Gasteiger partial charge in [-0.3, -0.25) is 4.79 Å². The van der Waals surface area contributed by atoms with E-state index in [-0.39, 0.29) is 5.91 Å². The van der Waals surface area contributed by atoms with Crippen molar-refractivity contribution in [2.45, 2.75) is 19.3 Å². The normalized spacial score (nSPS) is 9.71. The molecular weight excluding hydrogens is 304 g/mol. The Bertz CT molecular complexity index is 443. The Morgan fingerprint density at radius 3 is 2.88 bits per heavy atom. The van der Waals surface area contributed by atoms with Gasteiger partial charge in [-0.2, -0.15) is 5.26 Å². The lowest BCUT2D eigenvalue weighted by Crippen LogP contribution is -2.12. The second-order valence-corrected chi connectivity index (χ2v) is 4.79. The summed E-state index contributed by atoms with van der Waals surface area (Å²) in [7, 11) is 0. The third-order valence-corrected chi connectivity index (χ3v) is 2.92. The minimum Gasteiger partial charge on any atom is -0.325 e. The molecule has 1 N–H and O–H groups in total. The Morgan fingerprint density at radius 2 is 2.24 bits per heavy atom. The quantitative estimate of drug-likeness (QED) is 0.666. The van der Waals surface area contributed by atoms with Gasteiger partial charge in [0.1, 0.15) is 6.07 Å². The maximum atomic E-state index is 11.6. The van der Waals surface area contributed by atoms with Gasteiger partial charge in [-0.1, -0.05) is 15.9 Å². The summed E-state index contributed by atoms with van der Waals surface area (Å²) in [6, 6.07) is 7.22. The van der Waals surface area contributed by atoms with Crippen molar-refractivity contribution in [2.24, 2.45) is 0 Å². The van der Waals surface area contributed by atoms with Crippen LogP contribution in [0.15, 0.2) is 22.7 Å². The molecule has 0 aliphatic rings. The first-order chi connectivity index (χ1) is 8.17. The fraction of sp³-hybridized carbons (Fsp3) is 0.333. The summed E-state index contributed by atoms with van der Waals surface area (Å²) in [5.74, 6) is 0.476. The number of alkyl halides is 1. The standard InChI is InChI=1S/C12H12BrClN2O/c13-10-4-5-11(9(7-10)8-15)16-12(17)3-1-2-6-14/h4-5,7H,1-3,6H2,(H,16,17). The summed E-state index contributed by atoms with van der Waals surface area (Å²) in [6.07, 6.45) is 2.00. The van der Waals surface area contributed by atoms with Crippen molar-refractivity contribution in [2.75, 3.05) is 11.2 Å². The first-order valence-corrected chi connectivity index (χ1v) is 6.55. The van der Waals surface area contributed by atoms with E-state index in [1.807, 2.05) is 6.07 Å². The highest BCUT2D eigenvalue weighted by Gasteiger charge is 2.06. The lowest BCUT2D eigenvalue weighted by atomic mass is 10.2. The molecule has 0 saturated carbocycles. The third-order valence-electron chi connectivity index (χ3n) is 2.16. The van der Waals surface area contributed by atoms with Crippen LogP contribution in [0.25, 0.3) is 0 Å². The number of nitrogens with one attached hydrogen (secondary N) is 1. The second kappa shape index (κ2) is 7.31. The molecule has 1 aromatic carbocycles. The predicted molar refractivity (Wildman–Crippen MR) is 72.1 cm³/mol. The third kappa shape index (κ3) is 4.76. The molecule has 0 aliphatic heterocycles. The van der Waals surface area contributed by atoms with E-state index in [4.69, 9.17) is 16.9 Å². The SMILES string of the molecule is N#Cc1cc(Br)ccc1NC(=O)CCCCCl. The summed E-state index contributed by atoms with van der Waals surface area (Å²) >= 11 is 8.81. The average molecular weight is 316 g/mol. The van der Waals surface area contributed by atoms with Gasteiger partial charge in [-0.15, -0.1) is 11.6 Å². The molecular formula is C12H12BrClN2O. The van der Waals surface area contributed by atoms with E-state index in [1.54, 1.807) is 18.2 Å². The first kappa shape index (κ1) is 14.0. The molecule has 90 valence electrons. The summed E-state index contributed by atoms with van der Waals surface area (Å²) in [5, 5.41) is 11.7. The van der Waals surface area contributed by atoms with Crippen LogP contribution in [0.5, 0.6) is 0 Å². The molecule has 17 heavy (non-hydrogen) atoms. The maximum Gasteiger partial charge on any atom is 0.224 e. The molecule has 1 aromatic rings. The summed E-state index contributed by atoms with van der Waals surface area (Å²) in [5.41, 5.74) is 0.997. The number of hydrogen-bond donors (Lipinski definition) is 1. The van der Waals surface area contributed by atoms with E-state index in [0.29, 0.717) is 23.6 Å². The van der Waals surface area contributed by atoms with Gasteiger partial charge in [0.25, 0.3) is 0 Å². The van der Waals surface area contributed by atoms with Gasteiger partial charge in [0.15, 0.2) is 0 Å². The van der Waals surface area contributed by atoms with Gasteiger partial charge in [0.05, 0.1) is 11.3 Å². The van der Waals surface area contributed by atoms with Crippen LogP contribution in [-0.4, -0.2) is 11.8 Å². The topological polar surface area (TPSA) is 52.9 Å². The first-order valence-electron chi connectivity index (χ1n) is 5.23. The highest BCUT2D eigenvalue weighted by molar-refractivity contribution is 9.10. The van der Waals surface area contributed by atoms with E-state index >= 15 is 0 Å². The van der Waals surface area contributed by atoms with E-state index in [1.165, 1.54) is 0 Å². The number of amides is 1. The Kier molecular flexibility index (Phi) is 6.03. The van der Waals surface area contributed by atoms with Gasteiger partial charge >= 0.3 is 0 Å². The van der Waals surface area contributed by atoms with E-state index < -0.39 is 0 Å². The molecule has 3 nitrogen and oxygen atoms in total. The smallest absolute Gasteiger partial charge is 0.224 e. The number of unbranched alkanes of at least 4 members (excludes halogenated alkanes) is 1. The number of benzene rings is 1. The molecule has 0 bridgehead atoms. The van der Waals surface area contributed by atoms with Crippen molar-refractivity contribution in [3.05, 3.63) is 28.2 Å². The molecule has 1 rings (SSSR count). The number of nitriles is 1. The summed E-state index contributed by atoms with van der Waals surface area (Å²) < 4.78 is 0.814. The minimum absolute atomic E-state index is 0.0889. The van der Waals surface area contributed by atoms with Crippen molar-refractivity contribution in [1.82, 2.24) is 0 Å². The van der Waals surface area contributed by atoms with Crippen LogP contribution in [0.2, 0.25) is 0 Å². The van der Waals surface area contributed by atoms with Gasteiger partial charge in [-0.25, -0.2) is 0 Å². The van der Waals surface area contributed by atoms with Crippen LogP contribution in [0.4, 0.5) is 5.69 Å². The highest BCUT2D eigenvalue weighted by atomic mass is 79.9. The van der Waals surface area contributed by atoms with Crippen LogP contribution in [-0.2, 0) is 4.79 Å². The van der Waals surface area contributed by atoms with E-state index in [0.717, 1.165) is 17.3 Å². The monoisotopic (exact) mass is 314 g/mol. The van der Waals surface area contributed by atoms with Gasteiger partial charge in [0, 0.05) is 16.8 Å². The van der Waals surface area contributed by atoms with Crippen LogP contribution in [0.1, 0.15) is 24.8 Å². The molecule has 0 radical (unpaired) electrons. The van der Waals surface area contributed by atoms with Gasteiger partial charge < -0.3 is 5.32 Å². The molecule has 0 aromatic heterocycles. The number of anilines is 1. The van der Waals surface area contributed by atoms with Crippen LogP contribution >= 0.6 is 27.5 Å². The molecule has 0 unspecified atom stereocenters. The van der Waals surface area contributed by atoms with Crippen molar-refractivity contribution < 1.29 is 4.79 Å². The lowest BCUT2D eigenvalue weighted by molar-refractivity contribution is -0.116. The number of hydrogen-bond acceptors (Lipinski definition) is 2. The second-order valence-electron chi connectivity index (χ2n) is 3.50. The number of halogens is 2. The molecule has 0 spiro atoms. The fourth-order valence-corrected chi connectivity index (χ4v) is 1.86. The lowest BCUT2D eigenvalue weighted by Gasteiger charge is -2.06. The van der Waals surface area contributed by atoms with Crippen molar-refractivity contribution in [1.29, 1.82) is 5.26 Å². The molecule has 0 heterocycles. The van der Waals surface area contributed by atoms with Gasteiger partial charge in [0.2, 0.25) is 5.91 Å². The van der Waals surface area contributed by atoms with Crippen molar-refractivity contribution in [3.63, 3.8) is 0 Å².